The molecule has 1 aromatic heterocycles. The predicted molar refractivity (Wildman–Crippen MR) is 96.1 cm³/mol. The van der Waals surface area contributed by atoms with E-state index in [1.54, 1.807) is 23.9 Å². The molecule has 1 atom stereocenters. The van der Waals surface area contributed by atoms with E-state index in [1.165, 1.54) is 0 Å². The second-order valence-corrected chi connectivity index (χ2v) is 6.77. The first-order valence-electron chi connectivity index (χ1n) is 8.58. The molecule has 1 aliphatic rings. The molecular formula is C18H25N5O2. The summed E-state index contributed by atoms with van der Waals surface area (Å²) in [7, 11) is 5.43. The van der Waals surface area contributed by atoms with Crippen LogP contribution in [0.15, 0.2) is 24.3 Å². The molecule has 1 fully saturated rings. The van der Waals surface area contributed by atoms with Gasteiger partial charge in [0.2, 0.25) is 11.8 Å². The molecule has 1 N–H and O–H groups in total. The number of aryl methyl sites for hydroxylation is 1. The number of carbonyl (C=O) groups is 2. The van der Waals surface area contributed by atoms with E-state index in [2.05, 4.69) is 9.97 Å². The van der Waals surface area contributed by atoms with Crippen LogP contribution in [-0.2, 0) is 16.0 Å². The lowest BCUT2D eigenvalue weighted by Crippen LogP contribution is -2.58. The van der Waals surface area contributed by atoms with Crippen molar-refractivity contribution >= 4 is 22.8 Å². The number of rotatable bonds is 4. The number of benzene rings is 1. The Kier molecular flexibility index (Phi) is 5.03. The monoisotopic (exact) mass is 343 g/mol. The maximum absolute atomic E-state index is 12.6. The van der Waals surface area contributed by atoms with E-state index in [9.17, 15) is 9.59 Å². The van der Waals surface area contributed by atoms with Crippen molar-refractivity contribution < 1.29 is 9.59 Å². The molecule has 7 nitrogen and oxygen atoms in total. The van der Waals surface area contributed by atoms with Crippen molar-refractivity contribution in [3.63, 3.8) is 0 Å². The third-order valence-corrected chi connectivity index (χ3v) is 4.74. The van der Waals surface area contributed by atoms with Gasteiger partial charge in [0.15, 0.2) is 0 Å². The number of H-pyrrole nitrogens is 1. The lowest BCUT2D eigenvalue weighted by atomic mass is 10.1. The number of aromatic nitrogens is 2. The van der Waals surface area contributed by atoms with Crippen LogP contribution < -0.4 is 0 Å². The van der Waals surface area contributed by atoms with Crippen LogP contribution in [0.2, 0.25) is 0 Å². The Morgan fingerprint density at radius 1 is 1.28 bits per heavy atom. The Bertz CT molecular complexity index is 737. The molecule has 25 heavy (non-hydrogen) atoms. The summed E-state index contributed by atoms with van der Waals surface area (Å²) in [5.74, 6) is 0.937. The van der Waals surface area contributed by atoms with Crippen molar-refractivity contribution in [1.29, 1.82) is 0 Å². The first-order valence-corrected chi connectivity index (χ1v) is 8.58. The van der Waals surface area contributed by atoms with E-state index in [1.807, 2.05) is 36.2 Å². The molecule has 7 heteroatoms. The van der Waals surface area contributed by atoms with Gasteiger partial charge in [0, 0.05) is 46.6 Å². The Morgan fingerprint density at radius 3 is 2.76 bits per heavy atom. The van der Waals surface area contributed by atoms with E-state index in [0.29, 0.717) is 32.5 Å². The number of hydrogen-bond donors (Lipinski definition) is 1. The summed E-state index contributed by atoms with van der Waals surface area (Å²) in [6.45, 7) is 1.82. The molecule has 0 spiro atoms. The average Bonchev–Trinajstić information content (AvgIpc) is 3.02. The fourth-order valence-corrected chi connectivity index (χ4v) is 3.17. The van der Waals surface area contributed by atoms with Crippen LogP contribution in [0.3, 0.4) is 0 Å². The SMILES string of the molecule is CN(C)C(=O)C1CN(C(=O)CCc2nc3ccccc3[nH]2)CCN1C. The van der Waals surface area contributed by atoms with Gasteiger partial charge in [-0.05, 0) is 19.2 Å². The molecular weight excluding hydrogens is 318 g/mol. The van der Waals surface area contributed by atoms with Gasteiger partial charge in [-0.1, -0.05) is 12.1 Å². The van der Waals surface area contributed by atoms with Crippen molar-refractivity contribution in [3.8, 4) is 0 Å². The minimum atomic E-state index is -0.265. The number of nitrogens with zero attached hydrogens (tertiary/aromatic N) is 4. The topological polar surface area (TPSA) is 72.5 Å². The van der Waals surface area contributed by atoms with E-state index in [-0.39, 0.29) is 17.9 Å². The Morgan fingerprint density at radius 2 is 2.04 bits per heavy atom. The molecule has 1 aliphatic heterocycles. The molecule has 0 saturated carbocycles. The first kappa shape index (κ1) is 17.4. The maximum Gasteiger partial charge on any atom is 0.241 e. The molecule has 1 saturated heterocycles. The summed E-state index contributed by atoms with van der Waals surface area (Å²) in [6.07, 6.45) is 0.971. The molecule has 2 amide bonds. The largest absolute Gasteiger partial charge is 0.347 e. The fraction of sp³-hybridized carbons (Fsp3) is 0.500. The standard InChI is InChI=1S/C18H25N5O2/c1-21(2)18(25)15-12-23(11-10-22(15)3)17(24)9-8-16-19-13-6-4-5-7-14(13)20-16/h4-7,15H,8-12H2,1-3H3,(H,19,20). The third-order valence-electron chi connectivity index (χ3n) is 4.74. The smallest absolute Gasteiger partial charge is 0.241 e. The van der Waals surface area contributed by atoms with Crippen LogP contribution in [0.25, 0.3) is 11.0 Å². The molecule has 1 unspecified atom stereocenters. The van der Waals surface area contributed by atoms with E-state index in [4.69, 9.17) is 0 Å². The Balaban J connectivity index is 1.59. The zero-order valence-electron chi connectivity index (χ0n) is 15.0. The number of likely N-dealkylation sites (N-methyl/N-ethyl adjacent to an activating group) is 2. The van der Waals surface area contributed by atoms with Crippen LogP contribution in [0, 0.1) is 0 Å². The number of para-hydroxylation sites is 2. The minimum Gasteiger partial charge on any atom is -0.347 e. The second kappa shape index (κ2) is 7.23. The normalized spacial score (nSPS) is 18.5. The summed E-state index contributed by atoms with van der Waals surface area (Å²) in [6, 6.07) is 7.57. The van der Waals surface area contributed by atoms with Gasteiger partial charge in [-0.2, -0.15) is 0 Å². The van der Waals surface area contributed by atoms with E-state index >= 15 is 0 Å². The Hall–Kier alpha value is -2.41. The van der Waals surface area contributed by atoms with Crippen LogP contribution in [0.4, 0.5) is 0 Å². The predicted octanol–water partition coefficient (Wildman–Crippen LogP) is 0.726. The minimum absolute atomic E-state index is 0.0392. The van der Waals surface area contributed by atoms with Crippen LogP contribution in [0.1, 0.15) is 12.2 Å². The second-order valence-electron chi connectivity index (χ2n) is 6.77. The van der Waals surface area contributed by atoms with Gasteiger partial charge in [0.1, 0.15) is 11.9 Å². The molecule has 134 valence electrons. The van der Waals surface area contributed by atoms with Crippen molar-refractivity contribution in [1.82, 2.24) is 24.7 Å². The van der Waals surface area contributed by atoms with Crippen LogP contribution in [-0.4, -0.2) is 83.3 Å². The fourth-order valence-electron chi connectivity index (χ4n) is 3.17. The summed E-state index contributed by atoms with van der Waals surface area (Å²) < 4.78 is 0. The zero-order chi connectivity index (χ0) is 18.0. The molecule has 0 aliphatic carbocycles. The molecule has 3 rings (SSSR count). The molecule has 0 bridgehead atoms. The van der Waals surface area contributed by atoms with Crippen molar-refractivity contribution in [2.24, 2.45) is 0 Å². The number of amides is 2. The van der Waals surface area contributed by atoms with Crippen molar-refractivity contribution in [3.05, 3.63) is 30.1 Å². The number of aromatic amines is 1. The van der Waals surface area contributed by atoms with Gasteiger partial charge in [0.25, 0.3) is 0 Å². The van der Waals surface area contributed by atoms with Crippen molar-refractivity contribution in [2.45, 2.75) is 18.9 Å². The lowest BCUT2D eigenvalue weighted by molar-refractivity contribution is -0.141. The van der Waals surface area contributed by atoms with Gasteiger partial charge < -0.3 is 14.8 Å². The number of piperazine rings is 1. The van der Waals surface area contributed by atoms with Crippen LogP contribution in [0.5, 0.6) is 0 Å². The molecule has 1 aromatic carbocycles. The van der Waals surface area contributed by atoms with Gasteiger partial charge in [0.05, 0.1) is 11.0 Å². The van der Waals surface area contributed by atoms with E-state index in [0.717, 1.165) is 16.9 Å². The maximum atomic E-state index is 12.6. The van der Waals surface area contributed by atoms with Gasteiger partial charge in [-0.25, -0.2) is 4.98 Å². The number of carbonyl (C=O) groups excluding carboxylic acids is 2. The van der Waals surface area contributed by atoms with E-state index < -0.39 is 0 Å². The number of hydrogen-bond acceptors (Lipinski definition) is 4. The highest BCUT2D eigenvalue weighted by molar-refractivity contribution is 5.83. The molecule has 2 heterocycles. The van der Waals surface area contributed by atoms with Gasteiger partial charge >= 0.3 is 0 Å². The lowest BCUT2D eigenvalue weighted by Gasteiger charge is -2.39. The number of fused-ring (bicyclic) bond motifs is 1. The first-order chi connectivity index (χ1) is 12.0. The number of imidazole rings is 1. The summed E-state index contributed by atoms with van der Waals surface area (Å²) >= 11 is 0. The quantitative estimate of drug-likeness (QED) is 0.888. The molecule has 0 radical (unpaired) electrons. The number of nitrogens with one attached hydrogen (secondary N) is 1. The summed E-state index contributed by atoms with van der Waals surface area (Å²) in [5.41, 5.74) is 1.90. The highest BCUT2D eigenvalue weighted by Gasteiger charge is 2.32. The average molecular weight is 343 g/mol. The van der Waals surface area contributed by atoms with Crippen LogP contribution >= 0.6 is 0 Å². The molecule has 2 aromatic rings. The van der Waals surface area contributed by atoms with Crippen molar-refractivity contribution in [2.75, 3.05) is 40.8 Å². The summed E-state index contributed by atoms with van der Waals surface area (Å²) in [5, 5.41) is 0. The van der Waals surface area contributed by atoms with Gasteiger partial charge in [-0.15, -0.1) is 0 Å². The Labute approximate surface area is 147 Å². The summed E-state index contributed by atoms with van der Waals surface area (Å²) in [4.78, 5) is 38.0. The highest BCUT2D eigenvalue weighted by Crippen LogP contribution is 2.14. The van der Waals surface area contributed by atoms with Gasteiger partial charge in [-0.3, -0.25) is 14.5 Å². The zero-order valence-corrected chi connectivity index (χ0v) is 15.0. The third kappa shape index (κ3) is 3.82. The highest BCUT2D eigenvalue weighted by atomic mass is 16.2.